The van der Waals surface area contributed by atoms with E-state index in [-0.39, 0.29) is 0 Å². The van der Waals surface area contributed by atoms with Gasteiger partial charge in [0.15, 0.2) is 10.8 Å². The Kier molecular flexibility index (Phi) is 2.99. The first-order valence-corrected chi connectivity index (χ1v) is 7.97. The highest BCUT2D eigenvalue weighted by Gasteiger charge is 2.15. The monoisotopic (exact) mass is 314 g/mol. The molecule has 0 atom stereocenters. The van der Waals surface area contributed by atoms with Crippen molar-refractivity contribution in [3.8, 4) is 22.1 Å². The van der Waals surface area contributed by atoms with Crippen LogP contribution >= 0.6 is 22.7 Å². The van der Waals surface area contributed by atoms with Crippen molar-refractivity contribution in [1.82, 2.24) is 24.8 Å². The number of aromatic nitrogens is 5. The van der Waals surface area contributed by atoms with E-state index in [1.807, 2.05) is 35.7 Å². The Morgan fingerprint density at radius 1 is 1.14 bits per heavy atom. The number of benzene rings is 1. The molecular weight excluding hydrogens is 304 g/mol. The number of fused-ring (bicyclic) bond motifs is 1. The lowest BCUT2D eigenvalue weighted by molar-refractivity contribution is 0.964. The maximum Gasteiger partial charge on any atom is 0.235 e. The minimum absolute atomic E-state index is 0.448. The molecule has 0 aliphatic rings. The smallest absolute Gasteiger partial charge is 0.235 e. The van der Waals surface area contributed by atoms with Gasteiger partial charge in [-0.25, -0.2) is 4.98 Å². The van der Waals surface area contributed by atoms with Gasteiger partial charge in [-0.15, -0.1) is 21.5 Å². The molecule has 1 aromatic carbocycles. The first-order chi connectivity index (χ1) is 10.3. The van der Waals surface area contributed by atoms with Gasteiger partial charge < -0.3 is 5.73 Å². The zero-order valence-corrected chi connectivity index (χ0v) is 12.4. The Morgan fingerprint density at radius 3 is 2.76 bits per heavy atom. The fourth-order valence-corrected chi connectivity index (χ4v) is 3.52. The van der Waals surface area contributed by atoms with E-state index in [4.69, 9.17) is 5.73 Å². The lowest BCUT2D eigenvalue weighted by Crippen LogP contribution is -1.95. The topological polar surface area (TPSA) is 82.0 Å². The zero-order chi connectivity index (χ0) is 14.2. The minimum Gasteiger partial charge on any atom is -0.325 e. The second-order valence-electron chi connectivity index (χ2n) is 4.32. The number of hydrogen-bond acceptors (Lipinski definition) is 7. The minimum atomic E-state index is 0.448. The molecule has 0 fully saturated rings. The molecule has 3 heterocycles. The van der Waals surface area contributed by atoms with Crippen LogP contribution in [0.2, 0.25) is 0 Å². The number of nitrogens with zero attached hydrogens (tertiary/aromatic N) is 5. The van der Waals surface area contributed by atoms with Crippen molar-refractivity contribution in [2.24, 2.45) is 5.73 Å². The van der Waals surface area contributed by atoms with Gasteiger partial charge in [0.25, 0.3) is 0 Å². The molecule has 21 heavy (non-hydrogen) atoms. The van der Waals surface area contributed by atoms with E-state index in [9.17, 15) is 0 Å². The third-order valence-electron chi connectivity index (χ3n) is 2.97. The highest BCUT2D eigenvalue weighted by atomic mass is 32.1. The van der Waals surface area contributed by atoms with Gasteiger partial charge >= 0.3 is 0 Å². The second kappa shape index (κ2) is 4.99. The summed E-state index contributed by atoms with van der Waals surface area (Å²) in [6.45, 7) is 0.448. The van der Waals surface area contributed by atoms with Crippen molar-refractivity contribution >= 4 is 27.6 Å². The van der Waals surface area contributed by atoms with E-state index in [0.717, 1.165) is 32.1 Å². The number of rotatable bonds is 3. The van der Waals surface area contributed by atoms with Gasteiger partial charge in [-0.05, 0) is 0 Å². The summed E-state index contributed by atoms with van der Waals surface area (Å²) in [7, 11) is 0. The van der Waals surface area contributed by atoms with Crippen molar-refractivity contribution < 1.29 is 0 Å². The average molecular weight is 314 g/mol. The molecule has 0 radical (unpaired) electrons. The summed E-state index contributed by atoms with van der Waals surface area (Å²) >= 11 is 3.01. The molecule has 104 valence electrons. The van der Waals surface area contributed by atoms with Gasteiger partial charge in [0, 0.05) is 17.5 Å². The lowest BCUT2D eigenvalue weighted by Gasteiger charge is -1.95. The van der Waals surface area contributed by atoms with Gasteiger partial charge in [-0.3, -0.25) is 0 Å². The SMILES string of the molecule is NCc1nc(-c2nn3c(-c4ccccc4)nnc3s2)cs1. The maximum absolute atomic E-state index is 5.60. The van der Waals surface area contributed by atoms with Crippen molar-refractivity contribution in [1.29, 1.82) is 0 Å². The van der Waals surface area contributed by atoms with Gasteiger partial charge in [0.2, 0.25) is 4.96 Å². The Bertz CT molecular complexity index is 892. The van der Waals surface area contributed by atoms with E-state index in [2.05, 4.69) is 20.3 Å². The van der Waals surface area contributed by atoms with Crippen molar-refractivity contribution in [3.63, 3.8) is 0 Å². The first-order valence-electron chi connectivity index (χ1n) is 6.27. The summed E-state index contributed by atoms with van der Waals surface area (Å²) in [6, 6.07) is 9.89. The molecule has 0 spiro atoms. The van der Waals surface area contributed by atoms with Gasteiger partial charge in [-0.2, -0.15) is 9.61 Å². The largest absolute Gasteiger partial charge is 0.325 e. The fraction of sp³-hybridized carbons (Fsp3) is 0.0769. The van der Waals surface area contributed by atoms with Crippen LogP contribution in [0, 0.1) is 0 Å². The van der Waals surface area contributed by atoms with Crippen molar-refractivity contribution in [2.75, 3.05) is 0 Å². The van der Waals surface area contributed by atoms with E-state index < -0.39 is 0 Å². The van der Waals surface area contributed by atoms with Crippen molar-refractivity contribution in [2.45, 2.75) is 6.54 Å². The standard InChI is InChI=1S/C13H10N6S2/c14-6-10-15-9(7-20-10)12-18-19-11(16-17-13(19)21-12)8-4-2-1-3-5-8/h1-5,7H,6,14H2. The van der Waals surface area contributed by atoms with Crippen LogP contribution in [-0.4, -0.2) is 24.8 Å². The van der Waals surface area contributed by atoms with E-state index in [1.54, 1.807) is 15.9 Å². The zero-order valence-electron chi connectivity index (χ0n) is 10.8. The molecule has 4 aromatic rings. The van der Waals surface area contributed by atoms with Gasteiger partial charge in [0.05, 0.1) is 0 Å². The lowest BCUT2D eigenvalue weighted by atomic mass is 10.2. The Labute approximate surface area is 127 Å². The van der Waals surface area contributed by atoms with E-state index in [0.29, 0.717) is 6.54 Å². The van der Waals surface area contributed by atoms with Crippen LogP contribution in [0.15, 0.2) is 35.7 Å². The highest BCUT2D eigenvalue weighted by Crippen LogP contribution is 2.28. The summed E-state index contributed by atoms with van der Waals surface area (Å²) in [5, 5.41) is 16.7. The molecule has 3 aromatic heterocycles. The van der Waals surface area contributed by atoms with Crippen molar-refractivity contribution in [3.05, 3.63) is 40.7 Å². The van der Waals surface area contributed by atoms with Crippen LogP contribution in [0.25, 0.3) is 27.1 Å². The van der Waals surface area contributed by atoms with Crippen LogP contribution in [0.4, 0.5) is 0 Å². The molecule has 2 N–H and O–H groups in total. The molecule has 0 amide bonds. The molecule has 0 bridgehead atoms. The summed E-state index contributed by atoms with van der Waals surface area (Å²) < 4.78 is 1.76. The predicted molar refractivity (Wildman–Crippen MR) is 83.1 cm³/mol. The van der Waals surface area contributed by atoms with Crippen LogP contribution in [0.1, 0.15) is 5.01 Å². The number of thiazole rings is 1. The summed E-state index contributed by atoms with van der Waals surface area (Å²) in [6.07, 6.45) is 0. The van der Waals surface area contributed by atoms with Gasteiger partial charge in [0.1, 0.15) is 10.7 Å². The predicted octanol–water partition coefficient (Wildman–Crippen LogP) is 2.44. The summed E-state index contributed by atoms with van der Waals surface area (Å²) in [5.41, 5.74) is 7.43. The highest BCUT2D eigenvalue weighted by molar-refractivity contribution is 7.20. The number of nitrogens with two attached hydrogens (primary N) is 1. The molecule has 0 aliphatic heterocycles. The first kappa shape index (κ1) is 12.6. The van der Waals surface area contributed by atoms with Crippen LogP contribution in [0.3, 0.4) is 0 Å². The summed E-state index contributed by atoms with van der Waals surface area (Å²) in [4.78, 5) is 5.21. The molecule has 0 saturated carbocycles. The molecular formula is C13H10N6S2. The Balaban J connectivity index is 1.82. The third kappa shape index (κ3) is 2.13. The van der Waals surface area contributed by atoms with Crippen LogP contribution in [0.5, 0.6) is 0 Å². The third-order valence-corrected chi connectivity index (χ3v) is 4.76. The molecule has 0 unspecified atom stereocenters. The number of hydrogen-bond donors (Lipinski definition) is 1. The Morgan fingerprint density at radius 2 is 2.00 bits per heavy atom. The second-order valence-corrected chi connectivity index (χ2v) is 6.22. The van der Waals surface area contributed by atoms with Crippen LogP contribution in [-0.2, 0) is 6.54 Å². The molecule has 0 saturated heterocycles. The quantitative estimate of drug-likeness (QED) is 0.628. The average Bonchev–Trinajstić information content (AvgIpc) is 3.22. The van der Waals surface area contributed by atoms with Crippen LogP contribution < -0.4 is 5.73 Å². The molecule has 8 heteroatoms. The van der Waals surface area contributed by atoms with E-state index >= 15 is 0 Å². The normalized spacial score (nSPS) is 11.3. The summed E-state index contributed by atoms with van der Waals surface area (Å²) in [5.74, 6) is 0.738. The fourth-order valence-electron chi connectivity index (χ4n) is 1.99. The maximum atomic E-state index is 5.60. The van der Waals surface area contributed by atoms with E-state index in [1.165, 1.54) is 11.3 Å². The molecule has 6 nitrogen and oxygen atoms in total. The molecule has 4 rings (SSSR count). The Hall–Kier alpha value is -2.16. The molecule has 0 aliphatic carbocycles. The van der Waals surface area contributed by atoms with Gasteiger partial charge in [-0.1, -0.05) is 41.7 Å².